The average Bonchev–Trinajstić information content (AvgIpc) is 3.28. The first kappa shape index (κ1) is 31.9. The lowest BCUT2D eigenvalue weighted by Gasteiger charge is -2.35. The quantitative estimate of drug-likeness (QED) is 0.235. The van der Waals surface area contributed by atoms with Gasteiger partial charge in [0.2, 0.25) is 5.91 Å². The summed E-state index contributed by atoms with van der Waals surface area (Å²) in [5.74, 6) is -5.55. The van der Waals surface area contributed by atoms with E-state index in [0.717, 1.165) is 21.7 Å². The van der Waals surface area contributed by atoms with Crippen LogP contribution in [0.5, 0.6) is 0 Å². The number of carboxylic acids is 1. The monoisotopic (exact) mass is 646 g/mol. The molecule has 14 heteroatoms. The Morgan fingerprint density at radius 3 is 2.36 bits per heavy atom. The lowest BCUT2D eigenvalue weighted by atomic mass is 9.69. The third-order valence-electron chi connectivity index (χ3n) is 8.49. The molecule has 2 N–H and O–H groups in total. The zero-order valence-electron chi connectivity index (χ0n) is 24.5. The lowest BCUT2D eigenvalue weighted by molar-refractivity contribution is -0.148. The van der Waals surface area contributed by atoms with Crippen LogP contribution in [0.25, 0.3) is 11.0 Å². The predicted octanol–water partition coefficient (Wildman–Crippen LogP) is 6.09. The first-order chi connectivity index (χ1) is 21.1. The van der Waals surface area contributed by atoms with Gasteiger partial charge in [-0.3, -0.25) is 13.9 Å². The van der Waals surface area contributed by atoms with Crippen LogP contribution < -0.4 is 9.62 Å². The Bertz CT molecular complexity index is 1890. The maximum absolute atomic E-state index is 14.4. The molecule has 238 valence electrons. The number of imidazole rings is 1. The van der Waals surface area contributed by atoms with Crippen molar-refractivity contribution in [3.8, 4) is 0 Å². The van der Waals surface area contributed by atoms with Gasteiger partial charge in [-0.2, -0.15) is 13.2 Å². The van der Waals surface area contributed by atoms with Gasteiger partial charge in [0, 0.05) is 14.1 Å². The van der Waals surface area contributed by atoms with Gasteiger partial charge in [-0.05, 0) is 79.8 Å². The second-order valence-corrected chi connectivity index (χ2v) is 13.1. The molecule has 1 heterocycles. The van der Waals surface area contributed by atoms with E-state index in [1.54, 1.807) is 30.3 Å². The molecule has 1 amide bonds. The van der Waals surface area contributed by atoms with E-state index in [-0.39, 0.29) is 17.4 Å². The summed E-state index contributed by atoms with van der Waals surface area (Å²) in [6, 6.07) is 12.7. The van der Waals surface area contributed by atoms with Gasteiger partial charge in [-0.15, -0.1) is 0 Å². The van der Waals surface area contributed by atoms with E-state index < -0.39 is 62.9 Å². The third-order valence-corrected chi connectivity index (χ3v) is 10.3. The normalized spacial score (nSPS) is 19.0. The highest BCUT2D eigenvalue weighted by atomic mass is 32.2. The fourth-order valence-electron chi connectivity index (χ4n) is 5.92. The molecule has 3 aromatic carbocycles. The Hall–Kier alpha value is -4.46. The minimum atomic E-state index is -4.77. The van der Waals surface area contributed by atoms with Crippen LogP contribution in [0.1, 0.15) is 42.1 Å². The van der Waals surface area contributed by atoms with E-state index in [2.05, 4.69) is 10.3 Å². The van der Waals surface area contributed by atoms with Gasteiger partial charge in [0.1, 0.15) is 11.6 Å². The number of amides is 1. The number of carbonyl (C=O) groups excluding carboxylic acids is 1. The third kappa shape index (κ3) is 6.10. The number of carbonyl (C=O) groups is 2. The van der Waals surface area contributed by atoms with Crippen molar-refractivity contribution in [1.29, 1.82) is 0 Å². The van der Waals surface area contributed by atoms with Gasteiger partial charge in [0.15, 0.2) is 0 Å². The molecule has 1 saturated carbocycles. The number of anilines is 2. The summed E-state index contributed by atoms with van der Waals surface area (Å²) in [6.07, 6.45) is -3.70. The number of sulfonamides is 1. The van der Waals surface area contributed by atoms with E-state index in [9.17, 15) is 40.7 Å². The van der Waals surface area contributed by atoms with Crippen LogP contribution in [0, 0.1) is 24.6 Å². The van der Waals surface area contributed by atoms with Gasteiger partial charge >= 0.3 is 12.1 Å². The second kappa shape index (κ2) is 11.8. The minimum Gasteiger partial charge on any atom is -0.481 e. The number of rotatable bonds is 7. The number of carboxylic acid groups (broad SMARTS) is 1. The van der Waals surface area contributed by atoms with Crippen molar-refractivity contribution >= 4 is 44.3 Å². The van der Waals surface area contributed by atoms with Crippen molar-refractivity contribution < 1.29 is 40.7 Å². The van der Waals surface area contributed by atoms with Gasteiger partial charge in [-0.1, -0.05) is 18.6 Å². The van der Waals surface area contributed by atoms with Crippen molar-refractivity contribution in [2.75, 3.05) is 16.7 Å². The highest BCUT2D eigenvalue weighted by Gasteiger charge is 2.43. The molecule has 0 radical (unpaired) electrons. The summed E-state index contributed by atoms with van der Waals surface area (Å²) in [5, 5.41) is 12.4. The first-order valence-corrected chi connectivity index (χ1v) is 15.5. The lowest BCUT2D eigenvalue weighted by Crippen LogP contribution is -2.40. The highest BCUT2D eigenvalue weighted by molar-refractivity contribution is 7.92. The number of hydrogen-bond donors (Lipinski definition) is 2. The maximum atomic E-state index is 14.4. The van der Waals surface area contributed by atoms with Crippen LogP contribution in [0.3, 0.4) is 0 Å². The Balaban J connectivity index is 1.35. The van der Waals surface area contributed by atoms with Crippen LogP contribution in [-0.2, 0) is 32.8 Å². The second-order valence-electron chi connectivity index (χ2n) is 11.1. The Morgan fingerprint density at radius 2 is 1.73 bits per heavy atom. The number of alkyl halides is 3. The van der Waals surface area contributed by atoms with Crippen LogP contribution >= 0.6 is 0 Å². The standard InChI is InChI=1S/C31H30F4N4O5S/c1-17-36-26-16-21(12-14-27(26)38(17)2)45(43,44)39(3)20-10-7-18(8-11-20)22-5-4-6-23(28(22)30(41)42)29(40)37-25-13-9-19(15-24(25)32)31(33,34)35/h7-16,22-23,28H,4-6H2,1-3H3,(H,37,40)(H,41,42)/t22-,23-,28-/m0/s1. The Kier molecular flexibility index (Phi) is 8.38. The fraction of sp³-hybridized carbons (Fsp3) is 0.323. The molecule has 0 spiro atoms. The van der Waals surface area contributed by atoms with Gasteiger partial charge in [0.05, 0.1) is 44.7 Å². The number of benzene rings is 3. The summed E-state index contributed by atoms with van der Waals surface area (Å²) in [6.45, 7) is 1.82. The molecular formula is C31H30F4N4O5S. The van der Waals surface area contributed by atoms with Crippen molar-refractivity contribution in [3.63, 3.8) is 0 Å². The van der Waals surface area contributed by atoms with E-state index >= 15 is 0 Å². The fourth-order valence-corrected chi connectivity index (χ4v) is 7.13. The smallest absolute Gasteiger partial charge is 0.416 e. The molecule has 1 aliphatic rings. The van der Waals surface area contributed by atoms with Crippen molar-refractivity contribution in [2.24, 2.45) is 18.9 Å². The Morgan fingerprint density at radius 1 is 1.04 bits per heavy atom. The first-order valence-electron chi connectivity index (χ1n) is 14.0. The number of nitrogens with zero attached hydrogens (tertiary/aromatic N) is 3. The van der Waals surface area contributed by atoms with E-state index in [1.807, 2.05) is 18.5 Å². The Labute approximate surface area is 256 Å². The van der Waals surface area contributed by atoms with Gasteiger partial charge in [-0.25, -0.2) is 17.8 Å². The number of hydrogen-bond acceptors (Lipinski definition) is 5. The van der Waals surface area contributed by atoms with E-state index in [0.29, 0.717) is 35.7 Å². The maximum Gasteiger partial charge on any atom is 0.416 e. The molecule has 45 heavy (non-hydrogen) atoms. The van der Waals surface area contributed by atoms with Crippen molar-refractivity contribution in [3.05, 3.63) is 83.4 Å². The zero-order valence-corrected chi connectivity index (χ0v) is 25.3. The molecule has 0 unspecified atom stereocenters. The number of aromatic nitrogens is 2. The molecule has 0 aliphatic heterocycles. The summed E-state index contributed by atoms with van der Waals surface area (Å²) in [4.78, 5) is 30.0. The number of fused-ring (bicyclic) bond motifs is 1. The highest BCUT2D eigenvalue weighted by Crippen LogP contribution is 2.43. The SMILES string of the molecule is Cc1nc2cc(S(=O)(=O)N(C)c3ccc([C@@H]4CCC[C@H](C(=O)Nc5ccc(C(F)(F)F)cc5F)[C@H]4C(=O)O)cc3)ccc2n1C. The largest absolute Gasteiger partial charge is 0.481 e. The van der Waals surface area contributed by atoms with Crippen LogP contribution in [0.15, 0.2) is 65.6 Å². The van der Waals surface area contributed by atoms with E-state index in [1.165, 1.54) is 19.2 Å². The van der Waals surface area contributed by atoms with Gasteiger partial charge in [0.25, 0.3) is 10.0 Å². The predicted molar refractivity (Wildman–Crippen MR) is 159 cm³/mol. The van der Waals surface area contributed by atoms with Crippen molar-refractivity contribution in [1.82, 2.24) is 9.55 Å². The molecule has 1 fully saturated rings. The van der Waals surface area contributed by atoms with Crippen LogP contribution in [0.4, 0.5) is 28.9 Å². The average molecular weight is 647 g/mol. The molecule has 0 saturated heterocycles. The van der Waals surface area contributed by atoms with Crippen molar-refractivity contribution in [2.45, 2.75) is 43.2 Å². The molecule has 9 nitrogen and oxygen atoms in total. The zero-order chi connectivity index (χ0) is 32.8. The number of aliphatic carboxylic acids is 1. The summed E-state index contributed by atoms with van der Waals surface area (Å²) in [7, 11) is -0.732. The minimum absolute atomic E-state index is 0.0521. The number of nitrogens with one attached hydrogen (secondary N) is 1. The number of aryl methyl sites for hydroxylation is 2. The number of halogens is 4. The molecule has 0 bridgehead atoms. The molecule has 3 atom stereocenters. The summed E-state index contributed by atoms with van der Waals surface area (Å²) >= 11 is 0. The van der Waals surface area contributed by atoms with E-state index in [4.69, 9.17) is 0 Å². The van der Waals surface area contributed by atoms with Gasteiger partial charge < -0.3 is 15.0 Å². The van der Waals surface area contributed by atoms with Crippen LogP contribution in [-0.4, -0.2) is 42.0 Å². The summed E-state index contributed by atoms with van der Waals surface area (Å²) < 4.78 is 83.0. The molecule has 4 aromatic rings. The molecule has 1 aliphatic carbocycles. The molecule has 1 aromatic heterocycles. The molecule has 5 rings (SSSR count). The summed E-state index contributed by atoms with van der Waals surface area (Å²) in [5.41, 5.74) is 0.522. The topological polar surface area (TPSA) is 122 Å². The van der Waals surface area contributed by atoms with Crippen LogP contribution in [0.2, 0.25) is 0 Å². The molecular weight excluding hydrogens is 616 g/mol.